The zero-order valence-electron chi connectivity index (χ0n) is 25.4. The van der Waals surface area contributed by atoms with Gasteiger partial charge < -0.3 is 24.9 Å². The second-order valence-electron chi connectivity index (χ2n) is 12.7. The molecule has 1 unspecified atom stereocenters. The van der Waals surface area contributed by atoms with E-state index in [-0.39, 0.29) is 35.9 Å². The van der Waals surface area contributed by atoms with Crippen molar-refractivity contribution in [3.8, 4) is 0 Å². The van der Waals surface area contributed by atoms with Crippen molar-refractivity contribution in [3.05, 3.63) is 42.1 Å². The van der Waals surface area contributed by atoms with E-state index in [4.69, 9.17) is 0 Å². The predicted molar refractivity (Wildman–Crippen MR) is 162 cm³/mol. The molecule has 3 saturated heterocycles. The highest BCUT2D eigenvalue weighted by Crippen LogP contribution is 2.40. The van der Waals surface area contributed by atoms with Crippen LogP contribution in [0.2, 0.25) is 0 Å². The molecule has 0 radical (unpaired) electrons. The van der Waals surface area contributed by atoms with E-state index in [0.717, 1.165) is 43.6 Å². The minimum Gasteiger partial charge on any atom is -0.350 e. The van der Waals surface area contributed by atoms with Gasteiger partial charge in [0.05, 0.1) is 23.5 Å². The van der Waals surface area contributed by atoms with Gasteiger partial charge in [-0.05, 0) is 77.5 Å². The van der Waals surface area contributed by atoms with Gasteiger partial charge in [-0.25, -0.2) is 18.7 Å². The lowest BCUT2D eigenvalue weighted by Crippen LogP contribution is -2.63. The zero-order chi connectivity index (χ0) is 30.2. The maximum atomic E-state index is 14.6. The van der Waals surface area contributed by atoms with Crippen LogP contribution < -0.4 is 15.1 Å². The summed E-state index contributed by atoms with van der Waals surface area (Å²) in [6, 6.07) is 4.23. The van der Waals surface area contributed by atoms with Crippen LogP contribution in [0.3, 0.4) is 0 Å². The lowest BCUT2D eigenvalue weighted by atomic mass is 9.74. The number of likely N-dealkylation sites (tertiary alicyclic amines) is 1. The summed E-state index contributed by atoms with van der Waals surface area (Å²) < 4.78 is 29.1. The van der Waals surface area contributed by atoms with Gasteiger partial charge in [0.25, 0.3) is 5.91 Å². The van der Waals surface area contributed by atoms with Crippen molar-refractivity contribution in [2.45, 2.75) is 89.6 Å². The Bertz CT molecular complexity index is 1340. The van der Waals surface area contributed by atoms with Crippen LogP contribution in [0.4, 0.5) is 26.0 Å². The van der Waals surface area contributed by atoms with Gasteiger partial charge in [-0.15, -0.1) is 0 Å². The Labute approximate surface area is 252 Å². The van der Waals surface area contributed by atoms with Gasteiger partial charge in [0.1, 0.15) is 24.0 Å². The summed E-state index contributed by atoms with van der Waals surface area (Å²) >= 11 is 0. The van der Waals surface area contributed by atoms with Crippen LogP contribution in [0.1, 0.15) is 69.7 Å². The van der Waals surface area contributed by atoms with E-state index in [1.165, 1.54) is 18.5 Å². The van der Waals surface area contributed by atoms with Gasteiger partial charge in [0, 0.05) is 56.8 Å². The Morgan fingerprint density at radius 1 is 1.09 bits per heavy atom. The molecule has 5 atom stereocenters. The topological polar surface area (TPSA) is 84.9 Å². The Kier molecular flexibility index (Phi) is 8.53. The highest BCUT2D eigenvalue weighted by molar-refractivity contribution is 6.01. The molecule has 11 heteroatoms. The first-order valence-electron chi connectivity index (χ1n) is 15.9. The van der Waals surface area contributed by atoms with Gasteiger partial charge in [0.15, 0.2) is 5.82 Å². The Balaban J connectivity index is 1.21. The molecule has 4 fully saturated rings. The van der Waals surface area contributed by atoms with Crippen molar-refractivity contribution in [1.82, 2.24) is 25.1 Å². The molecule has 1 aliphatic carbocycles. The van der Waals surface area contributed by atoms with E-state index in [0.29, 0.717) is 50.4 Å². The van der Waals surface area contributed by atoms with Crippen LogP contribution in [-0.4, -0.2) is 94.6 Å². The average Bonchev–Trinajstić information content (AvgIpc) is 3.27. The second kappa shape index (κ2) is 12.3. The average molecular weight is 596 g/mol. The number of nitrogens with zero attached hydrogens (tertiary/aromatic N) is 6. The number of rotatable bonds is 6. The number of hydrogen-bond acceptors (Lipinski definition) is 7. The fourth-order valence-corrected chi connectivity index (χ4v) is 7.69. The summed E-state index contributed by atoms with van der Waals surface area (Å²) in [5.41, 5.74) is 1.73. The molecule has 7 rings (SSSR count). The van der Waals surface area contributed by atoms with E-state index in [9.17, 15) is 18.4 Å². The Morgan fingerprint density at radius 3 is 2.67 bits per heavy atom. The quantitative estimate of drug-likeness (QED) is 0.533. The smallest absolute Gasteiger partial charge is 0.256 e. The van der Waals surface area contributed by atoms with Crippen LogP contribution in [0.15, 0.2) is 30.7 Å². The van der Waals surface area contributed by atoms with Gasteiger partial charge in [0.2, 0.25) is 5.91 Å². The lowest BCUT2D eigenvalue weighted by molar-refractivity contribution is -0.139. The first-order chi connectivity index (χ1) is 20.8. The van der Waals surface area contributed by atoms with Gasteiger partial charge in [-0.2, -0.15) is 0 Å². The van der Waals surface area contributed by atoms with Crippen molar-refractivity contribution in [2.75, 3.05) is 42.5 Å². The minimum atomic E-state index is -0.895. The summed E-state index contributed by atoms with van der Waals surface area (Å²) in [6.07, 6.45) is 7.20. The highest BCUT2D eigenvalue weighted by Gasteiger charge is 2.46. The van der Waals surface area contributed by atoms with E-state index in [1.807, 2.05) is 30.6 Å². The van der Waals surface area contributed by atoms with Crippen LogP contribution in [0.25, 0.3) is 0 Å². The standard InChI is InChI=1S/C32H43F2N7O2/c1-4-39(20(2)3)31(42)25-16-21(33)7-10-27(25)41-15-14-40(30-28(41)18-35-19-36-30)23-6-5-12-38(13-11-23)32(43)29-24-9-8-22(37-29)17-26(24)34/h7,10,16,18-20,22-24,26,29,37H,4-6,8-9,11-15,17H2,1-3H3/t22-,23+,24?,26+,29-/m0/s1. The molecule has 2 bridgehead atoms. The number of nitrogens with one attached hydrogen (secondary N) is 1. The summed E-state index contributed by atoms with van der Waals surface area (Å²) in [5, 5.41) is 3.43. The fourth-order valence-electron chi connectivity index (χ4n) is 7.69. The van der Waals surface area contributed by atoms with Gasteiger partial charge in [-0.1, -0.05) is 0 Å². The number of carbonyl (C=O) groups excluding carboxylic acids is 2. The Hall–Kier alpha value is -3.34. The van der Waals surface area contributed by atoms with Crippen LogP contribution in [-0.2, 0) is 4.79 Å². The number of aromatic nitrogens is 2. The molecule has 43 heavy (non-hydrogen) atoms. The summed E-state index contributed by atoms with van der Waals surface area (Å²) in [4.78, 5) is 44.1. The first kappa shape index (κ1) is 29.7. The van der Waals surface area contributed by atoms with Crippen molar-refractivity contribution in [2.24, 2.45) is 5.92 Å². The molecule has 1 aromatic carbocycles. The summed E-state index contributed by atoms with van der Waals surface area (Å²) in [7, 11) is 0. The maximum Gasteiger partial charge on any atom is 0.256 e. The molecule has 1 N–H and O–H groups in total. The molecule has 232 valence electrons. The number of alkyl halides is 1. The van der Waals surface area contributed by atoms with Crippen LogP contribution in [0.5, 0.6) is 0 Å². The van der Waals surface area contributed by atoms with Crippen LogP contribution >= 0.6 is 0 Å². The SMILES string of the molecule is CCN(C(=O)c1cc(F)ccc1N1CCN([C@@H]2CCCN(C(=O)[C@H]3N[C@H]4CCC3[C@H](F)C4)CC2)c2ncncc21)C(C)C. The molecular weight excluding hydrogens is 552 g/mol. The molecule has 5 heterocycles. The monoisotopic (exact) mass is 595 g/mol. The molecule has 1 aromatic heterocycles. The maximum absolute atomic E-state index is 14.6. The number of piperidine rings is 2. The number of amides is 2. The predicted octanol–water partition coefficient (Wildman–Crippen LogP) is 4.30. The number of fused-ring (bicyclic) bond motifs is 4. The molecule has 1 saturated carbocycles. The van der Waals surface area contributed by atoms with E-state index in [1.54, 1.807) is 17.2 Å². The lowest BCUT2D eigenvalue weighted by Gasteiger charge is -2.46. The molecule has 4 aliphatic heterocycles. The number of anilines is 3. The first-order valence-corrected chi connectivity index (χ1v) is 15.9. The highest BCUT2D eigenvalue weighted by atomic mass is 19.1. The van der Waals surface area contributed by atoms with Crippen molar-refractivity contribution < 1.29 is 18.4 Å². The van der Waals surface area contributed by atoms with Crippen molar-refractivity contribution in [1.29, 1.82) is 0 Å². The molecule has 2 aromatic rings. The molecule has 2 amide bonds. The van der Waals surface area contributed by atoms with Crippen molar-refractivity contribution >= 4 is 29.0 Å². The number of benzene rings is 1. The normalized spacial score (nSPS) is 27.2. The molecular formula is C32H43F2N7O2. The van der Waals surface area contributed by atoms with Crippen LogP contribution in [0, 0.1) is 11.7 Å². The third kappa shape index (κ3) is 5.68. The van der Waals surface area contributed by atoms with Gasteiger partial charge in [-0.3, -0.25) is 9.59 Å². The summed E-state index contributed by atoms with van der Waals surface area (Å²) in [6.45, 7) is 8.88. The van der Waals surface area contributed by atoms with E-state index < -0.39 is 18.0 Å². The van der Waals surface area contributed by atoms with E-state index >= 15 is 0 Å². The third-order valence-electron chi connectivity index (χ3n) is 9.89. The second-order valence-corrected chi connectivity index (χ2v) is 12.7. The zero-order valence-corrected chi connectivity index (χ0v) is 25.4. The minimum absolute atomic E-state index is 0.0230. The summed E-state index contributed by atoms with van der Waals surface area (Å²) in [5.74, 6) is -0.0637. The molecule has 9 nitrogen and oxygen atoms in total. The largest absolute Gasteiger partial charge is 0.350 e. The third-order valence-corrected chi connectivity index (χ3v) is 9.89. The van der Waals surface area contributed by atoms with Gasteiger partial charge >= 0.3 is 0 Å². The molecule has 5 aliphatic rings. The Morgan fingerprint density at radius 2 is 1.93 bits per heavy atom. The number of carbonyl (C=O) groups is 2. The fraction of sp³-hybridized carbons (Fsp3) is 0.625. The van der Waals surface area contributed by atoms with Crippen molar-refractivity contribution in [3.63, 3.8) is 0 Å². The van der Waals surface area contributed by atoms with E-state index in [2.05, 4.69) is 20.2 Å². The number of hydrogen-bond donors (Lipinski definition) is 1. The molecule has 0 spiro atoms. The number of halogens is 2.